The maximum Gasteiger partial charge on any atom is 0.254 e. The Morgan fingerprint density at radius 1 is 0.804 bits per heavy atom. The highest BCUT2D eigenvalue weighted by Gasteiger charge is 2.31. The van der Waals surface area contributed by atoms with Crippen LogP contribution in [0, 0.1) is 0 Å². The fourth-order valence-corrected chi connectivity index (χ4v) is 7.24. The van der Waals surface area contributed by atoms with Crippen molar-refractivity contribution < 1.29 is 23.2 Å². The molecule has 7 aromatic rings. The van der Waals surface area contributed by atoms with Crippen molar-refractivity contribution in [2.24, 2.45) is 0 Å². The number of methoxy groups -OCH3 is 2. The first-order chi connectivity index (χ1) is 25.0. The number of fused-ring (bicyclic) bond motifs is 2. The average molecular weight is 701 g/mol. The van der Waals surface area contributed by atoms with E-state index in [0.717, 1.165) is 39.3 Å². The van der Waals surface area contributed by atoms with Gasteiger partial charge in [-0.1, -0.05) is 30.3 Å². The molecular weight excluding hydrogens is 669 g/mol. The molecule has 256 valence electrons. The van der Waals surface area contributed by atoms with Crippen molar-refractivity contribution in [2.45, 2.75) is 10.6 Å². The van der Waals surface area contributed by atoms with Gasteiger partial charge in [0.1, 0.15) is 22.3 Å². The van der Waals surface area contributed by atoms with Gasteiger partial charge in [0, 0.05) is 28.9 Å². The van der Waals surface area contributed by atoms with Gasteiger partial charge in [-0.25, -0.2) is 23.2 Å². The number of nitrogens with zero attached hydrogens (tertiary/aromatic N) is 7. The van der Waals surface area contributed by atoms with Crippen molar-refractivity contribution in [1.29, 1.82) is 0 Å². The lowest BCUT2D eigenvalue weighted by molar-refractivity contribution is 0.0150. The van der Waals surface area contributed by atoms with Crippen molar-refractivity contribution in [1.82, 2.24) is 34.1 Å². The predicted octanol–water partition coefficient (Wildman–Crippen LogP) is 5.47. The largest absolute Gasteiger partial charge is 0.496 e. The first kappa shape index (κ1) is 32.1. The van der Waals surface area contributed by atoms with Crippen molar-refractivity contribution in [3.05, 3.63) is 115 Å². The van der Waals surface area contributed by atoms with Gasteiger partial charge < -0.3 is 24.4 Å². The van der Waals surface area contributed by atoms with Crippen LogP contribution in [0.15, 0.2) is 115 Å². The maximum atomic E-state index is 13.8. The number of benzene rings is 3. The second-order valence-corrected chi connectivity index (χ2v) is 13.2. The Morgan fingerprint density at radius 3 is 2.14 bits per heavy atom. The van der Waals surface area contributed by atoms with E-state index in [4.69, 9.17) is 19.3 Å². The molecule has 1 fully saturated rings. The normalized spacial score (nSPS) is 15.2. The van der Waals surface area contributed by atoms with E-state index in [9.17, 15) is 9.00 Å². The summed E-state index contributed by atoms with van der Waals surface area (Å²) in [6.45, 7) is 0.672. The molecule has 1 saturated heterocycles. The molecule has 1 aliphatic rings. The number of ether oxygens (including phenoxy) is 3. The van der Waals surface area contributed by atoms with Crippen molar-refractivity contribution >= 4 is 39.4 Å². The SMILES string of the molecule is COc1ccccc1-c1ccc2cnc(Nc3cccc(C(=O)N4CCOC(S(=O)c5ncc6ccc(-c7ccccc7OC)n6n5)C4)c3)nn12. The van der Waals surface area contributed by atoms with Crippen LogP contribution in [0.1, 0.15) is 10.4 Å². The Hall–Kier alpha value is -6.12. The molecule has 2 unspecified atom stereocenters. The molecule has 1 N–H and O–H groups in total. The topological polar surface area (TPSA) is 137 Å². The molecule has 0 saturated carbocycles. The summed E-state index contributed by atoms with van der Waals surface area (Å²) >= 11 is 0. The Morgan fingerprint density at radius 2 is 1.45 bits per heavy atom. The molecule has 1 amide bonds. The van der Waals surface area contributed by atoms with Crippen LogP contribution < -0.4 is 14.8 Å². The Bertz CT molecular complexity index is 2430. The third-order valence-electron chi connectivity index (χ3n) is 8.65. The molecule has 0 radical (unpaired) electrons. The van der Waals surface area contributed by atoms with Gasteiger partial charge in [-0.15, -0.1) is 10.2 Å². The lowest BCUT2D eigenvalue weighted by Crippen LogP contribution is -2.47. The van der Waals surface area contributed by atoms with E-state index in [1.165, 1.54) is 0 Å². The fourth-order valence-electron chi connectivity index (χ4n) is 6.15. The maximum absolute atomic E-state index is 13.8. The molecular formula is C37H32N8O5S. The molecule has 13 nitrogen and oxygen atoms in total. The minimum Gasteiger partial charge on any atom is -0.496 e. The number of hydrogen-bond donors (Lipinski definition) is 1. The second kappa shape index (κ2) is 13.7. The molecule has 0 spiro atoms. The van der Waals surface area contributed by atoms with E-state index < -0.39 is 16.2 Å². The van der Waals surface area contributed by atoms with Gasteiger partial charge in [-0.2, -0.15) is 0 Å². The summed E-state index contributed by atoms with van der Waals surface area (Å²) in [7, 11) is 1.49. The zero-order valence-electron chi connectivity index (χ0n) is 27.7. The van der Waals surface area contributed by atoms with Gasteiger partial charge >= 0.3 is 0 Å². The number of carbonyl (C=O) groups is 1. The summed E-state index contributed by atoms with van der Waals surface area (Å²) in [5.74, 6) is 1.56. The zero-order chi connectivity index (χ0) is 34.9. The van der Waals surface area contributed by atoms with Gasteiger partial charge in [-0.3, -0.25) is 4.79 Å². The van der Waals surface area contributed by atoms with E-state index in [2.05, 4.69) is 20.4 Å². The van der Waals surface area contributed by atoms with Gasteiger partial charge in [0.05, 0.1) is 62.2 Å². The molecule has 51 heavy (non-hydrogen) atoms. The molecule has 14 heteroatoms. The highest BCUT2D eigenvalue weighted by Crippen LogP contribution is 2.32. The van der Waals surface area contributed by atoms with Gasteiger partial charge in [0.2, 0.25) is 11.1 Å². The number of morpholine rings is 1. The molecule has 2 atom stereocenters. The van der Waals surface area contributed by atoms with E-state index >= 15 is 0 Å². The minimum absolute atomic E-state index is 0.105. The average Bonchev–Trinajstić information content (AvgIpc) is 3.81. The van der Waals surface area contributed by atoms with Crippen LogP contribution in [0.2, 0.25) is 0 Å². The Balaban J connectivity index is 0.993. The monoisotopic (exact) mass is 700 g/mol. The lowest BCUT2D eigenvalue weighted by Gasteiger charge is -2.32. The first-order valence-corrected chi connectivity index (χ1v) is 17.4. The van der Waals surface area contributed by atoms with Crippen LogP contribution in [0.4, 0.5) is 11.6 Å². The second-order valence-electron chi connectivity index (χ2n) is 11.7. The van der Waals surface area contributed by atoms with Crippen LogP contribution in [0.5, 0.6) is 11.5 Å². The van der Waals surface area contributed by atoms with Crippen molar-refractivity contribution in [3.63, 3.8) is 0 Å². The van der Waals surface area contributed by atoms with Crippen molar-refractivity contribution in [2.75, 3.05) is 39.2 Å². The molecule has 8 rings (SSSR count). The fraction of sp³-hybridized carbons (Fsp3) is 0.162. The highest BCUT2D eigenvalue weighted by molar-refractivity contribution is 7.85. The molecule has 0 aliphatic carbocycles. The summed E-state index contributed by atoms with van der Waals surface area (Å²) < 4.78 is 34.3. The van der Waals surface area contributed by atoms with Gasteiger partial charge in [0.15, 0.2) is 5.44 Å². The number of rotatable bonds is 9. The Labute approximate surface area is 294 Å². The smallest absolute Gasteiger partial charge is 0.254 e. The quantitative estimate of drug-likeness (QED) is 0.206. The zero-order valence-corrected chi connectivity index (χ0v) is 28.5. The molecule has 4 aromatic heterocycles. The number of aromatic nitrogens is 6. The van der Waals surface area contributed by atoms with Crippen molar-refractivity contribution in [3.8, 4) is 34.0 Å². The van der Waals surface area contributed by atoms with E-state index in [1.54, 1.807) is 58.7 Å². The third kappa shape index (κ3) is 6.15. The predicted molar refractivity (Wildman–Crippen MR) is 192 cm³/mol. The number of amides is 1. The number of carbonyl (C=O) groups excluding carboxylic acids is 1. The van der Waals surface area contributed by atoms with Crippen LogP contribution in [-0.4, -0.2) is 83.6 Å². The summed E-state index contributed by atoms with van der Waals surface area (Å²) in [4.78, 5) is 24.3. The number of para-hydroxylation sites is 2. The van der Waals surface area contributed by atoms with E-state index in [0.29, 0.717) is 29.5 Å². The summed E-state index contributed by atoms with van der Waals surface area (Å²) in [5, 5.41) is 12.7. The Kier molecular flexibility index (Phi) is 8.59. The van der Waals surface area contributed by atoms with E-state index in [1.807, 2.05) is 78.9 Å². The lowest BCUT2D eigenvalue weighted by atomic mass is 10.1. The van der Waals surface area contributed by atoms with Gasteiger partial charge in [0.25, 0.3) is 5.91 Å². The number of hydrogen-bond acceptors (Lipinski definition) is 10. The highest BCUT2D eigenvalue weighted by atomic mass is 32.2. The summed E-state index contributed by atoms with van der Waals surface area (Å²) in [5.41, 5.74) is 5.20. The summed E-state index contributed by atoms with van der Waals surface area (Å²) in [6.07, 6.45) is 3.36. The number of nitrogens with one attached hydrogen (secondary N) is 1. The molecule has 0 bridgehead atoms. The van der Waals surface area contributed by atoms with Gasteiger partial charge in [-0.05, 0) is 66.7 Å². The van der Waals surface area contributed by atoms with Crippen LogP contribution in [-0.2, 0) is 15.5 Å². The van der Waals surface area contributed by atoms with Crippen LogP contribution >= 0.6 is 0 Å². The van der Waals surface area contributed by atoms with E-state index in [-0.39, 0.29) is 24.2 Å². The third-order valence-corrected chi connectivity index (χ3v) is 9.96. The molecule has 3 aromatic carbocycles. The van der Waals surface area contributed by atoms with Crippen LogP contribution in [0.3, 0.4) is 0 Å². The van der Waals surface area contributed by atoms with Crippen LogP contribution in [0.25, 0.3) is 33.5 Å². The number of anilines is 2. The molecule has 5 heterocycles. The summed E-state index contributed by atoms with van der Waals surface area (Å²) in [6, 6.07) is 30.2. The first-order valence-electron chi connectivity index (χ1n) is 16.2. The minimum atomic E-state index is -1.76. The molecule has 1 aliphatic heterocycles. The standard InChI is InChI=1S/C37H32N8O5S/c1-48-32-12-5-3-10-28(32)30-16-14-26-21-38-36(41-44(26)30)40-25-9-7-8-24(20-25)35(46)43-18-19-50-34(23-43)51(47)37-39-22-27-15-17-31(45(27)42-37)29-11-4-6-13-33(29)49-2/h3-17,20-22,34H,18-19,23H2,1-2H3,(H,40,41).